The fourth-order valence-electron chi connectivity index (χ4n) is 3.03. The average Bonchev–Trinajstić information content (AvgIpc) is 2.88. The summed E-state index contributed by atoms with van der Waals surface area (Å²) in [5.74, 6) is 1.22. The van der Waals surface area contributed by atoms with E-state index in [0.717, 1.165) is 29.2 Å². The molecule has 0 unspecified atom stereocenters. The number of rotatable bonds is 3. The highest BCUT2D eigenvalue weighted by Crippen LogP contribution is 2.26. The standard InChI is InChI=1S/C15H19N3O2/c19-15(18-20)11-6-7-12-13(9-11)17-14(16-12)8-10-4-2-1-3-5-10/h6-7,9-10,20H,1-5,8H2,(H,16,17)(H,18,19). The van der Waals surface area contributed by atoms with Crippen molar-refractivity contribution in [3.05, 3.63) is 29.6 Å². The van der Waals surface area contributed by atoms with Crippen LogP contribution in [0.15, 0.2) is 18.2 Å². The first-order valence-corrected chi connectivity index (χ1v) is 7.19. The number of carbonyl (C=O) groups excluding carboxylic acids is 1. The second-order valence-electron chi connectivity index (χ2n) is 5.56. The molecule has 5 heteroatoms. The summed E-state index contributed by atoms with van der Waals surface area (Å²) >= 11 is 0. The summed E-state index contributed by atoms with van der Waals surface area (Å²) in [6.07, 6.45) is 7.56. The monoisotopic (exact) mass is 273 g/mol. The number of nitrogens with one attached hydrogen (secondary N) is 2. The molecule has 3 N–H and O–H groups in total. The van der Waals surface area contributed by atoms with Crippen LogP contribution >= 0.6 is 0 Å². The van der Waals surface area contributed by atoms with E-state index in [2.05, 4.69) is 9.97 Å². The first-order valence-electron chi connectivity index (χ1n) is 7.19. The van der Waals surface area contributed by atoms with Gasteiger partial charge in [-0.3, -0.25) is 10.0 Å². The Bertz CT molecular complexity index is 615. The van der Waals surface area contributed by atoms with Crippen LogP contribution in [0.4, 0.5) is 0 Å². The van der Waals surface area contributed by atoms with Gasteiger partial charge in [0.15, 0.2) is 0 Å². The molecule has 106 valence electrons. The Morgan fingerprint density at radius 2 is 2.15 bits per heavy atom. The number of fused-ring (bicyclic) bond motifs is 1. The highest BCUT2D eigenvalue weighted by atomic mass is 16.5. The van der Waals surface area contributed by atoms with Crippen LogP contribution in [-0.4, -0.2) is 21.1 Å². The lowest BCUT2D eigenvalue weighted by Crippen LogP contribution is -2.18. The maximum atomic E-state index is 11.4. The highest BCUT2D eigenvalue weighted by Gasteiger charge is 2.16. The molecule has 2 aromatic rings. The van der Waals surface area contributed by atoms with Crippen molar-refractivity contribution in [1.29, 1.82) is 0 Å². The van der Waals surface area contributed by atoms with E-state index in [-0.39, 0.29) is 0 Å². The molecule has 1 saturated carbocycles. The molecule has 0 aliphatic heterocycles. The molecule has 1 amide bonds. The zero-order chi connectivity index (χ0) is 13.9. The van der Waals surface area contributed by atoms with Crippen LogP contribution in [-0.2, 0) is 6.42 Å². The van der Waals surface area contributed by atoms with E-state index in [0.29, 0.717) is 5.56 Å². The van der Waals surface area contributed by atoms with E-state index in [1.165, 1.54) is 32.1 Å². The molecule has 1 aliphatic rings. The number of benzene rings is 1. The van der Waals surface area contributed by atoms with E-state index in [1.807, 2.05) is 0 Å². The fraction of sp³-hybridized carbons (Fsp3) is 0.467. The SMILES string of the molecule is O=C(NO)c1ccc2nc(CC3CCCCC3)[nH]c2c1. The quantitative estimate of drug-likeness (QED) is 0.594. The van der Waals surface area contributed by atoms with E-state index >= 15 is 0 Å². The third-order valence-electron chi connectivity index (χ3n) is 4.10. The number of amides is 1. The second kappa shape index (κ2) is 5.63. The van der Waals surface area contributed by atoms with Gasteiger partial charge in [0.25, 0.3) is 5.91 Å². The largest absolute Gasteiger partial charge is 0.342 e. The van der Waals surface area contributed by atoms with Crippen molar-refractivity contribution < 1.29 is 10.0 Å². The van der Waals surface area contributed by atoms with Gasteiger partial charge in [0.2, 0.25) is 0 Å². The number of aromatic nitrogens is 2. The van der Waals surface area contributed by atoms with Crippen LogP contribution in [0, 0.1) is 5.92 Å². The van der Waals surface area contributed by atoms with Gasteiger partial charge in [-0.1, -0.05) is 32.1 Å². The summed E-state index contributed by atoms with van der Waals surface area (Å²) in [5.41, 5.74) is 3.78. The number of imidazole rings is 1. The molecule has 1 aliphatic carbocycles. The lowest BCUT2D eigenvalue weighted by molar-refractivity contribution is 0.0706. The molecule has 3 rings (SSSR count). The maximum Gasteiger partial charge on any atom is 0.274 e. The van der Waals surface area contributed by atoms with Gasteiger partial charge in [-0.2, -0.15) is 0 Å². The number of H-pyrrole nitrogens is 1. The van der Waals surface area contributed by atoms with Gasteiger partial charge in [0.05, 0.1) is 11.0 Å². The summed E-state index contributed by atoms with van der Waals surface area (Å²) in [6, 6.07) is 5.19. The minimum absolute atomic E-state index is 0.424. The Hall–Kier alpha value is -1.88. The molecular weight excluding hydrogens is 254 g/mol. The van der Waals surface area contributed by atoms with Gasteiger partial charge in [-0.25, -0.2) is 10.5 Å². The third kappa shape index (κ3) is 2.67. The molecule has 0 spiro atoms. The number of aromatic amines is 1. The molecule has 0 saturated heterocycles. The Balaban J connectivity index is 1.81. The predicted octanol–water partition coefficient (Wildman–Crippen LogP) is 2.80. The van der Waals surface area contributed by atoms with Gasteiger partial charge in [-0.05, 0) is 24.1 Å². The summed E-state index contributed by atoms with van der Waals surface area (Å²) in [6.45, 7) is 0. The molecular formula is C15H19N3O2. The van der Waals surface area contributed by atoms with Gasteiger partial charge in [0, 0.05) is 12.0 Å². The fourth-order valence-corrected chi connectivity index (χ4v) is 3.03. The van der Waals surface area contributed by atoms with Gasteiger partial charge < -0.3 is 4.98 Å². The maximum absolute atomic E-state index is 11.4. The van der Waals surface area contributed by atoms with Crippen molar-refractivity contribution in [1.82, 2.24) is 15.4 Å². The zero-order valence-corrected chi connectivity index (χ0v) is 11.4. The molecule has 0 atom stereocenters. The van der Waals surface area contributed by atoms with Gasteiger partial charge >= 0.3 is 0 Å². The average molecular weight is 273 g/mol. The van der Waals surface area contributed by atoms with E-state index in [9.17, 15) is 4.79 Å². The van der Waals surface area contributed by atoms with Crippen molar-refractivity contribution in [2.75, 3.05) is 0 Å². The van der Waals surface area contributed by atoms with Crippen LogP contribution in [0.3, 0.4) is 0 Å². The van der Waals surface area contributed by atoms with Crippen LogP contribution < -0.4 is 5.48 Å². The minimum Gasteiger partial charge on any atom is -0.342 e. The molecule has 0 bridgehead atoms. The molecule has 1 heterocycles. The van der Waals surface area contributed by atoms with Crippen molar-refractivity contribution in [3.63, 3.8) is 0 Å². The molecule has 20 heavy (non-hydrogen) atoms. The molecule has 5 nitrogen and oxygen atoms in total. The lowest BCUT2D eigenvalue weighted by atomic mass is 9.87. The van der Waals surface area contributed by atoms with E-state index in [4.69, 9.17) is 5.21 Å². The molecule has 1 fully saturated rings. The van der Waals surface area contributed by atoms with Crippen LogP contribution in [0.5, 0.6) is 0 Å². The van der Waals surface area contributed by atoms with Crippen molar-refractivity contribution in [2.45, 2.75) is 38.5 Å². The van der Waals surface area contributed by atoms with Gasteiger partial charge in [-0.15, -0.1) is 0 Å². The van der Waals surface area contributed by atoms with Crippen molar-refractivity contribution in [3.8, 4) is 0 Å². The summed E-state index contributed by atoms with van der Waals surface area (Å²) < 4.78 is 0. The van der Waals surface area contributed by atoms with E-state index < -0.39 is 5.91 Å². The van der Waals surface area contributed by atoms with Crippen molar-refractivity contribution >= 4 is 16.9 Å². The van der Waals surface area contributed by atoms with Crippen LogP contribution in [0.1, 0.15) is 48.3 Å². The predicted molar refractivity (Wildman–Crippen MR) is 75.6 cm³/mol. The smallest absolute Gasteiger partial charge is 0.274 e. The Morgan fingerprint density at radius 3 is 2.90 bits per heavy atom. The summed E-state index contributed by atoms with van der Waals surface area (Å²) in [7, 11) is 0. The molecule has 1 aromatic heterocycles. The number of carbonyl (C=O) groups is 1. The summed E-state index contributed by atoms with van der Waals surface area (Å²) in [5, 5.41) is 8.66. The molecule has 0 radical (unpaired) electrons. The zero-order valence-electron chi connectivity index (χ0n) is 11.4. The van der Waals surface area contributed by atoms with Crippen LogP contribution in [0.25, 0.3) is 11.0 Å². The topological polar surface area (TPSA) is 78.0 Å². The third-order valence-corrected chi connectivity index (χ3v) is 4.10. The summed E-state index contributed by atoms with van der Waals surface area (Å²) in [4.78, 5) is 19.3. The minimum atomic E-state index is -0.504. The van der Waals surface area contributed by atoms with Crippen molar-refractivity contribution in [2.24, 2.45) is 5.92 Å². The normalized spacial score (nSPS) is 16.4. The first kappa shape index (κ1) is 13.1. The van der Waals surface area contributed by atoms with E-state index in [1.54, 1.807) is 23.7 Å². The Labute approximate surface area is 117 Å². The highest BCUT2D eigenvalue weighted by molar-refractivity contribution is 5.96. The Kier molecular flexibility index (Phi) is 3.69. The number of nitrogens with zero attached hydrogens (tertiary/aromatic N) is 1. The second-order valence-corrected chi connectivity index (χ2v) is 5.56. The first-order chi connectivity index (χ1) is 9.76. The number of hydroxylamine groups is 1. The number of hydrogen-bond donors (Lipinski definition) is 3. The molecule has 1 aromatic carbocycles. The van der Waals surface area contributed by atoms with Gasteiger partial charge in [0.1, 0.15) is 5.82 Å². The van der Waals surface area contributed by atoms with Crippen LogP contribution in [0.2, 0.25) is 0 Å². The number of hydrogen-bond acceptors (Lipinski definition) is 3. The lowest BCUT2D eigenvalue weighted by Gasteiger charge is -2.20. The Morgan fingerprint density at radius 1 is 1.35 bits per heavy atom.